The Morgan fingerprint density at radius 2 is 2.12 bits per heavy atom. The van der Waals surface area contributed by atoms with Crippen LogP contribution in [0.2, 0.25) is 0 Å². The minimum absolute atomic E-state index is 0.369. The average molecular weight is 249 g/mol. The average Bonchev–Trinajstić information content (AvgIpc) is 2.97. The SMILES string of the molecule is CN(Cc1ccncc1)CC1(CC(N)=S)CC1. The molecule has 1 saturated carbocycles. The van der Waals surface area contributed by atoms with E-state index in [0.717, 1.165) is 19.5 Å². The van der Waals surface area contributed by atoms with Crippen LogP contribution in [-0.2, 0) is 6.54 Å². The van der Waals surface area contributed by atoms with Crippen LogP contribution in [0.25, 0.3) is 0 Å². The second-order valence-corrected chi connectivity index (χ2v) is 5.70. The maximum absolute atomic E-state index is 5.65. The smallest absolute Gasteiger partial charge is 0.0733 e. The normalized spacial score (nSPS) is 17.1. The van der Waals surface area contributed by atoms with Gasteiger partial charge in [0.05, 0.1) is 4.99 Å². The summed E-state index contributed by atoms with van der Waals surface area (Å²) in [6.07, 6.45) is 7.08. The number of aromatic nitrogens is 1. The highest BCUT2D eigenvalue weighted by Crippen LogP contribution is 2.49. The zero-order valence-electron chi connectivity index (χ0n) is 10.2. The first-order chi connectivity index (χ1) is 8.10. The standard InChI is InChI=1S/C13H19N3S/c1-16(9-11-2-6-15-7-3-11)10-13(4-5-13)8-12(14)17/h2-3,6-7H,4-5,8-10H2,1H3,(H2,14,17). The van der Waals surface area contributed by atoms with Crippen LogP contribution in [0.4, 0.5) is 0 Å². The Hall–Kier alpha value is -1.00. The Bertz CT molecular complexity index is 387. The molecule has 0 unspecified atom stereocenters. The lowest BCUT2D eigenvalue weighted by Crippen LogP contribution is -2.29. The van der Waals surface area contributed by atoms with Crippen LogP contribution >= 0.6 is 12.2 Å². The van der Waals surface area contributed by atoms with Gasteiger partial charge in [0.15, 0.2) is 0 Å². The van der Waals surface area contributed by atoms with Crippen molar-refractivity contribution in [1.29, 1.82) is 0 Å². The molecule has 17 heavy (non-hydrogen) atoms. The van der Waals surface area contributed by atoms with Gasteiger partial charge in [-0.2, -0.15) is 0 Å². The summed E-state index contributed by atoms with van der Waals surface area (Å²) in [5.41, 5.74) is 7.32. The molecule has 92 valence electrons. The number of thiocarbonyl (C=S) groups is 1. The summed E-state index contributed by atoms with van der Waals surface area (Å²) < 4.78 is 0. The topological polar surface area (TPSA) is 42.2 Å². The van der Waals surface area contributed by atoms with Gasteiger partial charge in [-0.25, -0.2) is 0 Å². The van der Waals surface area contributed by atoms with Crippen molar-refractivity contribution in [2.75, 3.05) is 13.6 Å². The number of nitrogens with two attached hydrogens (primary N) is 1. The molecule has 0 spiro atoms. The van der Waals surface area contributed by atoms with E-state index >= 15 is 0 Å². The van der Waals surface area contributed by atoms with Gasteiger partial charge < -0.3 is 10.6 Å². The highest BCUT2D eigenvalue weighted by molar-refractivity contribution is 7.80. The van der Waals surface area contributed by atoms with Gasteiger partial charge in [0.25, 0.3) is 0 Å². The van der Waals surface area contributed by atoms with Crippen molar-refractivity contribution in [3.63, 3.8) is 0 Å². The van der Waals surface area contributed by atoms with Crippen molar-refractivity contribution in [2.24, 2.45) is 11.1 Å². The Labute approximate surface area is 108 Å². The fourth-order valence-corrected chi connectivity index (χ4v) is 2.67. The maximum atomic E-state index is 5.65. The fourth-order valence-electron chi connectivity index (χ4n) is 2.37. The van der Waals surface area contributed by atoms with Crippen molar-refractivity contribution in [3.05, 3.63) is 30.1 Å². The molecule has 2 N–H and O–H groups in total. The molecule has 2 rings (SSSR count). The summed E-state index contributed by atoms with van der Waals surface area (Å²) in [4.78, 5) is 7.03. The zero-order valence-corrected chi connectivity index (χ0v) is 11.0. The minimum atomic E-state index is 0.369. The van der Waals surface area contributed by atoms with E-state index in [2.05, 4.69) is 29.1 Å². The summed E-state index contributed by atoms with van der Waals surface area (Å²) in [6.45, 7) is 2.04. The van der Waals surface area contributed by atoms with Gasteiger partial charge in [-0.15, -0.1) is 0 Å². The molecule has 1 aliphatic rings. The number of pyridine rings is 1. The van der Waals surface area contributed by atoms with E-state index in [-0.39, 0.29) is 0 Å². The molecule has 0 amide bonds. The predicted octanol–water partition coefficient (Wildman–Crippen LogP) is 1.97. The molecule has 1 aliphatic carbocycles. The van der Waals surface area contributed by atoms with Gasteiger partial charge in [0.2, 0.25) is 0 Å². The molecule has 0 saturated heterocycles. The van der Waals surface area contributed by atoms with Gasteiger partial charge in [-0.3, -0.25) is 4.98 Å². The van der Waals surface area contributed by atoms with Crippen LogP contribution < -0.4 is 5.73 Å². The molecule has 1 fully saturated rings. The van der Waals surface area contributed by atoms with E-state index in [1.807, 2.05) is 12.4 Å². The Kier molecular flexibility index (Phi) is 3.74. The van der Waals surface area contributed by atoms with Crippen molar-refractivity contribution in [3.8, 4) is 0 Å². The van der Waals surface area contributed by atoms with Gasteiger partial charge in [-0.05, 0) is 43.0 Å². The Morgan fingerprint density at radius 1 is 1.47 bits per heavy atom. The first-order valence-corrected chi connectivity index (χ1v) is 6.36. The second kappa shape index (κ2) is 5.10. The molecule has 0 atom stereocenters. The third kappa shape index (κ3) is 3.75. The van der Waals surface area contributed by atoms with Gasteiger partial charge in [0, 0.05) is 31.9 Å². The van der Waals surface area contributed by atoms with Crippen LogP contribution in [0, 0.1) is 5.41 Å². The Morgan fingerprint density at radius 3 is 2.65 bits per heavy atom. The van der Waals surface area contributed by atoms with Gasteiger partial charge >= 0.3 is 0 Å². The minimum Gasteiger partial charge on any atom is -0.393 e. The van der Waals surface area contributed by atoms with Crippen LogP contribution in [-0.4, -0.2) is 28.5 Å². The molecular weight excluding hydrogens is 230 g/mol. The lowest BCUT2D eigenvalue weighted by molar-refractivity contribution is 0.260. The first kappa shape index (κ1) is 12.5. The molecular formula is C13H19N3S. The van der Waals surface area contributed by atoms with E-state index in [4.69, 9.17) is 18.0 Å². The monoisotopic (exact) mass is 249 g/mol. The van der Waals surface area contributed by atoms with Gasteiger partial charge in [0.1, 0.15) is 0 Å². The quantitative estimate of drug-likeness (QED) is 0.783. The van der Waals surface area contributed by atoms with E-state index in [9.17, 15) is 0 Å². The van der Waals surface area contributed by atoms with Crippen molar-refractivity contribution in [2.45, 2.75) is 25.8 Å². The second-order valence-electron chi connectivity index (χ2n) is 5.17. The third-order valence-corrected chi connectivity index (χ3v) is 3.46. The van der Waals surface area contributed by atoms with Crippen molar-refractivity contribution >= 4 is 17.2 Å². The van der Waals surface area contributed by atoms with E-state index in [1.165, 1.54) is 18.4 Å². The molecule has 1 heterocycles. The maximum Gasteiger partial charge on any atom is 0.0733 e. The molecule has 1 aromatic rings. The molecule has 4 heteroatoms. The largest absolute Gasteiger partial charge is 0.393 e. The summed E-state index contributed by atoms with van der Waals surface area (Å²) in [6, 6.07) is 4.12. The van der Waals surface area contributed by atoms with Gasteiger partial charge in [-0.1, -0.05) is 12.2 Å². The molecule has 1 aromatic heterocycles. The zero-order chi connectivity index (χ0) is 12.3. The van der Waals surface area contributed by atoms with Crippen LogP contribution in [0.1, 0.15) is 24.8 Å². The van der Waals surface area contributed by atoms with Crippen LogP contribution in [0.3, 0.4) is 0 Å². The van der Waals surface area contributed by atoms with E-state index < -0.39 is 0 Å². The summed E-state index contributed by atoms with van der Waals surface area (Å²) in [5, 5.41) is 0. The highest BCUT2D eigenvalue weighted by Gasteiger charge is 2.43. The number of nitrogens with zero attached hydrogens (tertiary/aromatic N) is 2. The number of rotatable bonds is 6. The van der Waals surface area contributed by atoms with Crippen molar-refractivity contribution < 1.29 is 0 Å². The number of hydrogen-bond donors (Lipinski definition) is 1. The molecule has 0 aromatic carbocycles. The highest BCUT2D eigenvalue weighted by atomic mass is 32.1. The lowest BCUT2D eigenvalue weighted by Gasteiger charge is -2.23. The Balaban J connectivity index is 1.85. The van der Waals surface area contributed by atoms with Crippen LogP contribution in [0.15, 0.2) is 24.5 Å². The third-order valence-electron chi connectivity index (χ3n) is 3.31. The van der Waals surface area contributed by atoms with Crippen LogP contribution in [0.5, 0.6) is 0 Å². The molecule has 0 radical (unpaired) electrons. The first-order valence-electron chi connectivity index (χ1n) is 5.95. The lowest BCUT2D eigenvalue weighted by atomic mass is 10.0. The summed E-state index contributed by atoms with van der Waals surface area (Å²) in [7, 11) is 2.15. The van der Waals surface area contributed by atoms with E-state index in [1.54, 1.807) is 0 Å². The number of hydrogen-bond acceptors (Lipinski definition) is 3. The molecule has 3 nitrogen and oxygen atoms in total. The summed E-state index contributed by atoms with van der Waals surface area (Å²) >= 11 is 5.02. The van der Waals surface area contributed by atoms with E-state index in [0.29, 0.717) is 10.4 Å². The fraction of sp³-hybridized carbons (Fsp3) is 0.538. The molecule has 0 aliphatic heterocycles. The van der Waals surface area contributed by atoms with Crippen molar-refractivity contribution in [1.82, 2.24) is 9.88 Å². The molecule has 0 bridgehead atoms. The predicted molar refractivity (Wildman–Crippen MR) is 73.6 cm³/mol. The summed E-state index contributed by atoms with van der Waals surface area (Å²) in [5.74, 6) is 0.